The molecule has 0 amide bonds. The van der Waals surface area contributed by atoms with E-state index in [0.29, 0.717) is 42.2 Å². The minimum absolute atomic E-state index is 0.0795. The number of rotatable bonds is 3. The summed E-state index contributed by atoms with van der Waals surface area (Å²) in [7, 11) is 0. The van der Waals surface area contributed by atoms with E-state index in [1.807, 2.05) is 43.1 Å². The number of fused-ring (bicyclic) bond motifs is 1. The van der Waals surface area contributed by atoms with E-state index in [4.69, 9.17) is 4.74 Å². The van der Waals surface area contributed by atoms with Crippen LogP contribution in [-0.4, -0.2) is 50.5 Å². The number of benzene rings is 1. The first-order valence-corrected chi connectivity index (χ1v) is 11.4. The monoisotopic (exact) mass is 464 g/mol. The Morgan fingerprint density at radius 1 is 1.12 bits per heavy atom. The number of aryl methyl sites for hydroxylation is 1. The largest absolute Gasteiger partial charge is 0.375 e. The molecule has 1 atom stereocenters. The van der Waals surface area contributed by atoms with Gasteiger partial charge in [-0.3, -0.25) is 9.67 Å². The molecule has 4 heterocycles. The minimum Gasteiger partial charge on any atom is -0.375 e. The molecule has 1 aliphatic carbocycles. The fourth-order valence-corrected chi connectivity index (χ4v) is 3.99. The molecule has 0 radical (unpaired) electrons. The van der Waals surface area contributed by atoms with E-state index < -0.39 is 11.6 Å². The lowest BCUT2D eigenvalue weighted by Gasteiger charge is -2.32. The summed E-state index contributed by atoms with van der Waals surface area (Å²) in [5.41, 5.74) is 2.45. The Kier molecular flexibility index (Phi) is 6.19. The predicted molar refractivity (Wildman–Crippen MR) is 126 cm³/mol. The summed E-state index contributed by atoms with van der Waals surface area (Å²) in [5.74, 6) is -0.615. The molecule has 2 aliphatic rings. The molecule has 2 fully saturated rings. The van der Waals surface area contributed by atoms with E-state index in [2.05, 4.69) is 25.0 Å². The maximum atomic E-state index is 14.4. The van der Waals surface area contributed by atoms with Gasteiger partial charge in [0, 0.05) is 49.4 Å². The number of anilines is 1. The van der Waals surface area contributed by atoms with Crippen molar-refractivity contribution in [2.45, 2.75) is 38.8 Å². The summed E-state index contributed by atoms with van der Waals surface area (Å²) in [6.07, 6.45) is 8.20. The van der Waals surface area contributed by atoms with Crippen molar-refractivity contribution < 1.29 is 13.5 Å². The van der Waals surface area contributed by atoms with Crippen molar-refractivity contribution in [3.8, 4) is 11.3 Å². The summed E-state index contributed by atoms with van der Waals surface area (Å²) >= 11 is 0. The fraction of sp³-hybridized carbons (Fsp3) is 0.360. The molecule has 1 saturated heterocycles. The minimum atomic E-state index is -0.673. The number of ether oxygens (including phenoxy) is 1. The Bertz CT molecular complexity index is 1290. The van der Waals surface area contributed by atoms with Crippen molar-refractivity contribution >= 4 is 16.9 Å². The van der Waals surface area contributed by atoms with E-state index in [1.165, 1.54) is 25.0 Å². The summed E-state index contributed by atoms with van der Waals surface area (Å²) in [5, 5.41) is 4.09. The van der Waals surface area contributed by atoms with Crippen LogP contribution in [0, 0.1) is 18.6 Å². The van der Waals surface area contributed by atoms with Gasteiger partial charge in [0.25, 0.3) is 0 Å². The van der Waals surface area contributed by atoms with Crippen LogP contribution in [0.15, 0.2) is 48.9 Å². The quantitative estimate of drug-likeness (QED) is 0.437. The number of hydrogen-bond acceptors (Lipinski definition) is 6. The van der Waals surface area contributed by atoms with Crippen molar-refractivity contribution in [2.24, 2.45) is 0 Å². The van der Waals surface area contributed by atoms with E-state index in [0.717, 1.165) is 17.8 Å². The third kappa shape index (κ3) is 4.89. The Labute approximate surface area is 196 Å². The molecule has 1 saturated carbocycles. The van der Waals surface area contributed by atoms with Gasteiger partial charge in [-0.25, -0.2) is 18.7 Å². The van der Waals surface area contributed by atoms with Gasteiger partial charge in [0.15, 0.2) is 0 Å². The summed E-state index contributed by atoms with van der Waals surface area (Å²) in [4.78, 5) is 15.7. The highest BCUT2D eigenvalue weighted by atomic mass is 19.1. The van der Waals surface area contributed by atoms with Gasteiger partial charge in [-0.15, -0.1) is 0 Å². The molecule has 1 unspecified atom stereocenters. The normalized spacial score (nSPS) is 18.0. The van der Waals surface area contributed by atoms with Crippen molar-refractivity contribution in [3.05, 3.63) is 66.3 Å². The number of aromatic nitrogens is 5. The highest BCUT2D eigenvalue weighted by Gasteiger charge is 2.23. The topological polar surface area (TPSA) is 69.0 Å². The van der Waals surface area contributed by atoms with Gasteiger partial charge in [-0.2, -0.15) is 5.10 Å². The lowest BCUT2D eigenvalue weighted by Crippen LogP contribution is -2.41. The van der Waals surface area contributed by atoms with Gasteiger partial charge in [-0.05, 0) is 44.9 Å². The predicted octanol–water partition coefficient (Wildman–Crippen LogP) is 4.72. The summed E-state index contributed by atoms with van der Waals surface area (Å²) < 4.78 is 35.4. The highest BCUT2D eigenvalue weighted by Crippen LogP contribution is 2.33. The second kappa shape index (κ2) is 9.42. The molecule has 0 bridgehead atoms. The molecular weight excluding hydrogens is 438 g/mol. The molecule has 176 valence electrons. The third-order valence-corrected chi connectivity index (χ3v) is 5.83. The number of nitrogens with zero attached hydrogens (tertiary/aromatic N) is 6. The lowest BCUT2D eigenvalue weighted by molar-refractivity contribution is 0.0529. The third-order valence-electron chi connectivity index (χ3n) is 5.83. The average molecular weight is 465 g/mol. The van der Waals surface area contributed by atoms with E-state index in [1.54, 1.807) is 6.20 Å². The van der Waals surface area contributed by atoms with Crippen LogP contribution in [0.2, 0.25) is 0 Å². The standard InChI is InChI=1S/C19H18F2N4O.C6H8N2/c1-11-9-22-19-16(23-11)8-17(25-5-6-26-12(2)10-25)24-18(19)14-4-3-13(20)7-15(14)21;1-4-7-8(5-1)6-2-3-6/h3-4,7-9,12H,5-6,10H2,1-2H3;1,4-6H,2-3H2. The van der Waals surface area contributed by atoms with Crippen molar-refractivity contribution in [1.29, 1.82) is 0 Å². The van der Waals surface area contributed by atoms with Crippen LogP contribution in [0.4, 0.5) is 14.6 Å². The first-order chi connectivity index (χ1) is 16.5. The second-order valence-corrected chi connectivity index (χ2v) is 8.68. The maximum absolute atomic E-state index is 14.4. The van der Waals surface area contributed by atoms with Gasteiger partial charge in [0.1, 0.15) is 28.7 Å². The summed E-state index contributed by atoms with van der Waals surface area (Å²) in [6.45, 7) is 5.82. The van der Waals surface area contributed by atoms with Gasteiger partial charge < -0.3 is 9.64 Å². The van der Waals surface area contributed by atoms with Crippen molar-refractivity contribution in [2.75, 3.05) is 24.6 Å². The van der Waals surface area contributed by atoms with Crippen molar-refractivity contribution in [3.63, 3.8) is 0 Å². The van der Waals surface area contributed by atoms with Crippen molar-refractivity contribution in [1.82, 2.24) is 24.7 Å². The molecule has 4 aromatic rings. The number of morpholine rings is 1. The fourth-order valence-electron chi connectivity index (χ4n) is 3.99. The molecule has 0 N–H and O–H groups in total. The van der Waals surface area contributed by atoms with Crippen LogP contribution in [0.25, 0.3) is 22.3 Å². The van der Waals surface area contributed by atoms with Crippen LogP contribution in [0.1, 0.15) is 31.5 Å². The first kappa shape index (κ1) is 22.3. The van der Waals surface area contributed by atoms with Gasteiger partial charge in [-0.1, -0.05) is 0 Å². The number of pyridine rings is 1. The zero-order valence-electron chi connectivity index (χ0n) is 19.2. The van der Waals surface area contributed by atoms with Gasteiger partial charge in [0.05, 0.1) is 30.0 Å². The number of hydrogen-bond donors (Lipinski definition) is 0. The van der Waals surface area contributed by atoms with Gasteiger partial charge in [0.2, 0.25) is 0 Å². The smallest absolute Gasteiger partial charge is 0.135 e. The summed E-state index contributed by atoms with van der Waals surface area (Å²) in [6, 6.07) is 8.03. The molecular formula is C25H26F2N6O. The van der Waals surface area contributed by atoms with E-state index in [9.17, 15) is 8.78 Å². The maximum Gasteiger partial charge on any atom is 0.135 e. The molecule has 6 rings (SSSR count). The zero-order valence-corrected chi connectivity index (χ0v) is 19.2. The SMILES string of the molecule is Cc1cnc2c(-c3ccc(F)cc3F)nc(N3CCOC(C)C3)cc2n1.c1cnn(C2CC2)c1. The van der Waals surface area contributed by atoms with E-state index in [-0.39, 0.29) is 11.7 Å². The Morgan fingerprint density at radius 2 is 1.97 bits per heavy atom. The molecule has 3 aromatic heterocycles. The van der Waals surface area contributed by atoms with Crippen LogP contribution in [0.3, 0.4) is 0 Å². The Morgan fingerprint density at radius 3 is 2.68 bits per heavy atom. The molecule has 1 aliphatic heterocycles. The molecule has 34 heavy (non-hydrogen) atoms. The molecule has 7 nitrogen and oxygen atoms in total. The van der Waals surface area contributed by atoms with Crippen LogP contribution >= 0.6 is 0 Å². The van der Waals surface area contributed by atoms with Crippen LogP contribution < -0.4 is 4.90 Å². The van der Waals surface area contributed by atoms with E-state index >= 15 is 0 Å². The first-order valence-electron chi connectivity index (χ1n) is 11.4. The number of halogens is 2. The lowest BCUT2D eigenvalue weighted by atomic mass is 10.1. The Hall–Kier alpha value is -3.46. The second-order valence-electron chi connectivity index (χ2n) is 8.68. The zero-order chi connectivity index (χ0) is 23.7. The van der Waals surface area contributed by atoms with Crippen LogP contribution in [0.5, 0.6) is 0 Å². The van der Waals surface area contributed by atoms with Gasteiger partial charge >= 0.3 is 0 Å². The molecule has 1 aromatic carbocycles. The molecule has 9 heteroatoms. The molecule has 0 spiro atoms. The Balaban J connectivity index is 0.000000252. The average Bonchev–Trinajstić information content (AvgIpc) is 3.52. The van der Waals surface area contributed by atoms with Crippen LogP contribution in [-0.2, 0) is 4.74 Å². The highest BCUT2D eigenvalue weighted by molar-refractivity contribution is 5.91.